The van der Waals surface area contributed by atoms with E-state index in [2.05, 4.69) is 20.3 Å². The Labute approximate surface area is 142 Å². The first-order valence-electron chi connectivity index (χ1n) is 7.81. The topological polar surface area (TPSA) is 126 Å². The molecule has 0 unspecified atom stereocenters. The van der Waals surface area contributed by atoms with Crippen molar-refractivity contribution >= 4 is 22.7 Å². The van der Waals surface area contributed by atoms with Gasteiger partial charge in [0.2, 0.25) is 0 Å². The van der Waals surface area contributed by atoms with E-state index >= 15 is 0 Å². The van der Waals surface area contributed by atoms with Gasteiger partial charge in [0.05, 0.1) is 12.9 Å². The number of imidazole rings is 1. The van der Waals surface area contributed by atoms with E-state index in [-0.39, 0.29) is 0 Å². The van der Waals surface area contributed by atoms with E-state index in [0.717, 1.165) is 5.69 Å². The zero-order valence-electron chi connectivity index (χ0n) is 13.1. The van der Waals surface area contributed by atoms with Gasteiger partial charge in [0, 0.05) is 5.69 Å². The number of ether oxygens (including phenoxy) is 1. The fourth-order valence-corrected chi connectivity index (χ4v) is 2.90. The second-order valence-electron chi connectivity index (χ2n) is 5.77. The number of nitrogens with one attached hydrogen (secondary N) is 1. The van der Waals surface area contributed by atoms with E-state index in [1.807, 2.05) is 30.3 Å². The van der Waals surface area contributed by atoms with Gasteiger partial charge in [-0.25, -0.2) is 15.0 Å². The van der Waals surface area contributed by atoms with Gasteiger partial charge in [-0.1, -0.05) is 18.2 Å². The summed E-state index contributed by atoms with van der Waals surface area (Å²) in [6.45, 7) is -0.392. The molecule has 2 aromatic heterocycles. The van der Waals surface area contributed by atoms with Crippen LogP contribution in [0.25, 0.3) is 11.2 Å². The van der Waals surface area contributed by atoms with Crippen LogP contribution >= 0.6 is 0 Å². The SMILES string of the molecule is OC[C@@H]1O[C@@H](n2cnc3c(Nc4ccccc4)ncnc32)[C@H](O)[C@@H]1O. The third-order valence-corrected chi connectivity index (χ3v) is 4.19. The van der Waals surface area contributed by atoms with Gasteiger partial charge in [-0.15, -0.1) is 0 Å². The fourth-order valence-electron chi connectivity index (χ4n) is 2.90. The summed E-state index contributed by atoms with van der Waals surface area (Å²) in [5.74, 6) is 0.515. The van der Waals surface area contributed by atoms with Crippen LogP contribution in [0.4, 0.5) is 11.5 Å². The molecule has 9 heteroatoms. The van der Waals surface area contributed by atoms with Gasteiger partial charge >= 0.3 is 0 Å². The van der Waals surface area contributed by atoms with Crippen molar-refractivity contribution in [2.45, 2.75) is 24.5 Å². The molecule has 25 heavy (non-hydrogen) atoms. The lowest BCUT2D eigenvalue weighted by atomic mass is 10.1. The molecule has 4 rings (SSSR count). The fraction of sp³-hybridized carbons (Fsp3) is 0.312. The minimum Gasteiger partial charge on any atom is -0.394 e. The molecule has 0 saturated carbocycles. The smallest absolute Gasteiger partial charge is 0.167 e. The van der Waals surface area contributed by atoms with Crippen molar-refractivity contribution in [2.24, 2.45) is 0 Å². The number of rotatable bonds is 4. The molecule has 0 spiro atoms. The molecule has 1 aliphatic heterocycles. The van der Waals surface area contributed by atoms with Gasteiger partial charge in [0.25, 0.3) is 0 Å². The molecular weight excluding hydrogens is 326 g/mol. The van der Waals surface area contributed by atoms with E-state index in [9.17, 15) is 15.3 Å². The molecule has 0 aliphatic carbocycles. The largest absolute Gasteiger partial charge is 0.394 e. The Hall–Kier alpha value is -2.59. The number of aliphatic hydroxyl groups is 3. The number of fused-ring (bicyclic) bond motifs is 1. The summed E-state index contributed by atoms with van der Waals surface area (Å²) in [7, 11) is 0. The zero-order valence-corrected chi connectivity index (χ0v) is 13.1. The molecule has 3 heterocycles. The van der Waals surface area contributed by atoms with E-state index in [1.165, 1.54) is 17.2 Å². The summed E-state index contributed by atoms with van der Waals surface area (Å²) in [4.78, 5) is 12.7. The first-order chi connectivity index (χ1) is 12.2. The highest BCUT2D eigenvalue weighted by Crippen LogP contribution is 2.32. The molecule has 3 aromatic rings. The van der Waals surface area contributed by atoms with Crippen molar-refractivity contribution < 1.29 is 20.1 Å². The summed E-state index contributed by atoms with van der Waals surface area (Å²) < 4.78 is 7.06. The number of aliphatic hydroxyl groups excluding tert-OH is 3. The predicted molar refractivity (Wildman–Crippen MR) is 88.1 cm³/mol. The lowest BCUT2D eigenvalue weighted by molar-refractivity contribution is -0.0511. The highest BCUT2D eigenvalue weighted by Gasteiger charge is 2.44. The predicted octanol–water partition coefficient (Wildman–Crippen LogP) is 0.181. The third kappa shape index (κ3) is 2.72. The first-order valence-corrected chi connectivity index (χ1v) is 7.81. The number of hydrogen-bond donors (Lipinski definition) is 4. The van der Waals surface area contributed by atoms with Crippen LogP contribution in [0, 0.1) is 0 Å². The van der Waals surface area contributed by atoms with Crippen LogP contribution in [0.3, 0.4) is 0 Å². The average molecular weight is 343 g/mol. The third-order valence-electron chi connectivity index (χ3n) is 4.19. The lowest BCUT2D eigenvalue weighted by Crippen LogP contribution is -2.33. The Morgan fingerprint density at radius 2 is 1.88 bits per heavy atom. The Bertz CT molecular complexity index is 871. The Balaban J connectivity index is 1.70. The maximum atomic E-state index is 10.2. The number of aromatic nitrogens is 4. The Morgan fingerprint density at radius 3 is 2.60 bits per heavy atom. The maximum absolute atomic E-state index is 10.2. The standard InChI is InChI=1S/C16H17N5O4/c22-6-10-12(23)13(24)16(25-10)21-8-19-11-14(17-7-18-15(11)21)20-9-4-2-1-3-5-9/h1-5,7-8,10,12-13,16,22-24H,6H2,(H,17,18,20)/t10-,12+,13+,16+/m0/s1. The van der Waals surface area contributed by atoms with Crippen LogP contribution in [0.15, 0.2) is 43.0 Å². The van der Waals surface area contributed by atoms with Gasteiger partial charge in [0.1, 0.15) is 24.6 Å². The summed E-state index contributed by atoms with van der Waals surface area (Å²) in [6, 6.07) is 9.52. The van der Waals surface area contributed by atoms with Crippen LogP contribution < -0.4 is 5.32 Å². The molecule has 1 aromatic carbocycles. The summed E-state index contributed by atoms with van der Waals surface area (Å²) in [5.41, 5.74) is 1.80. The number of hydrogen-bond acceptors (Lipinski definition) is 8. The van der Waals surface area contributed by atoms with Crippen molar-refractivity contribution in [3.8, 4) is 0 Å². The number of anilines is 2. The molecule has 0 bridgehead atoms. The Kier molecular flexibility index (Phi) is 4.06. The minimum absolute atomic E-state index is 0.392. The van der Waals surface area contributed by atoms with E-state index in [4.69, 9.17) is 4.74 Å². The number of nitrogens with zero attached hydrogens (tertiary/aromatic N) is 4. The van der Waals surface area contributed by atoms with Crippen LogP contribution in [-0.2, 0) is 4.74 Å². The normalized spacial score (nSPS) is 26.2. The molecule has 1 aliphatic rings. The van der Waals surface area contributed by atoms with Crippen molar-refractivity contribution in [3.05, 3.63) is 43.0 Å². The van der Waals surface area contributed by atoms with E-state index < -0.39 is 31.1 Å². The second-order valence-corrected chi connectivity index (χ2v) is 5.77. The van der Waals surface area contributed by atoms with Crippen molar-refractivity contribution in [3.63, 3.8) is 0 Å². The summed E-state index contributed by atoms with van der Waals surface area (Å²) in [6.07, 6.45) is -1.28. The first kappa shape index (κ1) is 15.9. The summed E-state index contributed by atoms with van der Waals surface area (Å²) in [5, 5.41) is 32.5. The van der Waals surface area contributed by atoms with Crippen LogP contribution in [0.5, 0.6) is 0 Å². The summed E-state index contributed by atoms with van der Waals surface area (Å²) >= 11 is 0. The molecular formula is C16H17N5O4. The molecule has 130 valence electrons. The van der Waals surface area contributed by atoms with Crippen molar-refractivity contribution in [1.29, 1.82) is 0 Å². The highest BCUT2D eigenvalue weighted by atomic mass is 16.6. The van der Waals surface area contributed by atoms with E-state index in [1.54, 1.807) is 0 Å². The number of para-hydroxylation sites is 1. The van der Waals surface area contributed by atoms with Gasteiger partial charge in [-0.05, 0) is 12.1 Å². The molecule has 1 fully saturated rings. The van der Waals surface area contributed by atoms with Crippen molar-refractivity contribution in [1.82, 2.24) is 19.5 Å². The van der Waals surface area contributed by atoms with Crippen LogP contribution in [-0.4, -0.2) is 59.8 Å². The molecule has 4 N–H and O–H groups in total. The molecule has 0 amide bonds. The van der Waals surface area contributed by atoms with Crippen LogP contribution in [0.2, 0.25) is 0 Å². The van der Waals surface area contributed by atoms with Gasteiger partial charge < -0.3 is 25.4 Å². The quantitative estimate of drug-likeness (QED) is 0.529. The Morgan fingerprint density at radius 1 is 1.08 bits per heavy atom. The maximum Gasteiger partial charge on any atom is 0.167 e. The average Bonchev–Trinajstić information content (AvgIpc) is 3.18. The monoisotopic (exact) mass is 343 g/mol. The van der Waals surface area contributed by atoms with Gasteiger partial charge in [0.15, 0.2) is 23.2 Å². The number of benzene rings is 1. The minimum atomic E-state index is -1.20. The molecule has 1 saturated heterocycles. The molecule has 4 atom stereocenters. The second kappa shape index (κ2) is 6.37. The van der Waals surface area contributed by atoms with Crippen molar-refractivity contribution in [2.75, 3.05) is 11.9 Å². The lowest BCUT2D eigenvalue weighted by Gasteiger charge is -2.16. The molecule has 9 nitrogen and oxygen atoms in total. The van der Waals surface area contributed by atoms with Gasteiger partial charge in [-0.3, -0.25) is 4.57 Å². The molecule has 0 radical (unpaired) electrons. The zero-order chi connectivity index (χ0) is 17.4. The van der Waals surface area contributed by atoms with Crippen LogP contribution in [0.1, 0.15) is 6.23 Å². The van der Waals surface area contributed by atoms with Gasteiger partial charge in [-0.2, -0.15) is 0 Å². The highest BCUT2D eigenvalue weighted by molar-refractivity contribution is 5.85. The van der Waals surface area contributed by atoms with E-state index in [0.29, 0.717) is 17.0 Å².